The van der Waals surface area contributed by atoms with Gasteiger partial charge in [-0.25, -0.2) is 0 Å². The maximum Gasteiger partial charge on any atom is 0.254 e. The van der Waals surface area contributed by atoms with E-state index >= 15 is 0 Å². The molecule has 2 saturated heterocycles. The lowest BCUT2D eigenvalue weighted by molar-refractivity contribution is 0.0726. The van der Waals surface area contributed by atoms with Gasteiger partial charge in [0.15, 0.2) is 5.82 Å². The first kappa shape index (κ1) is 21.2. The second kappa shape index (κ2) is 8.03. The largest absolute Gasteiger partial charge is 0.496 e. The van der Waals surface area contributed by atoms with Crippen LogP contribution in [0.4, 0.5) is 0 Å². The molecule has 2 aliphatic heterocycles. The molecule has 33 heavy (non-hydrogen) atoms. The van der Waals surface area contributed by atoms with Gasteiger partial charge in [0.2, 0.25) is 5.89 Å². The van der Waals surface area contributed by atoms with E-state index in [0.29, 0.717) is 54.8 Å². The second-order valence-electron chi connectivity index (χ2n) is 8.87. The highest BCUT2D eigenvalue weighted by atomic mass is 16.5. The minimum atomic E-state index is -0.589. The van der Waals surface area contributed by atoms with Gasteiger partial charge in [0.05, 0.1) is 12.5 Å². The molecule has 2 fully saturated rings. The normalized spacial score (nSPS) is 21.8. The van der Waals surface area contributed by atoms with E-state index in [1.165, 1.54) is 0 Å². The number of amides is 2. The maximum absolute atomic E-state index is 13.5. The van der Waals surface area contributed by atoms with Gasteiger partial charge in [0, 0.05) is 48.8 Å². The molecule has 3 aromatic rings. The van der Waals surface area contributed by atoms with Gasteiger partial charge in [0.1, 0.15) is 5.75 Å². The summed E-state index contributed by atoms with van der Waals surface area (Å²) in [6.07, 6.45) is 0. The number of nitrogens with zero attached hydrogens (tertiary/aromatic N) is 4. The van der Waals surface area contributed by atoms with Crippen LogP contribution in [0.1, 0.15) is 38.0 Å². The molecular weight excluding hydrogens is 420 g/mol. The molecule has 0 spiro atoms. The number of carbonyl (C=O) groups is 2. The fourth-order valence-corrected chi connectivity index (χ4v) is 5.18. The van der Waals surface area contributed by atoms with Gasteiger partial charge in [0.25, 0.3) is 11.8 Å². The third-order valence-corrected chi connectivity index (χ3v) is 6.89. The molecule has 2 aliphatic rings. The van der Waals surface area contributed by atoms with Crippen LogP contribution in [0.15, 0.2) is 53.1 Å². The zero-order valence-corrected chi connectivity index (χ0v) is 18.9. The molecule has 8 heteroatoms. The fourth-order valence-electron chi connectivity index (χ4n) is 5.18. The van der Waals surface area contributed by atoms with Crippen molar-refractivity contribution < 1.29 is 18.8 Å². The van der Waals surface area contributed by atoms with Crippen LogP contribution in [0, 0.1) is 19.8 Å². The Labute approximate surface area is 192 Å². The maximum atomic E-state index is 13.5. The first-order chi connectivity index (χ1) is 15.9. The summed E-state index contributed by atoms with van der Waals surface area (Å²) >= 11 is 0. The Morgan fingerprint density at radius 3 is 2.33 bits per heavy atom. The highest BCUT2D eigenvalue weighted by Crippen LogP contribution is 2.45. The van der Waals surface area contributed by atoms with Crippen molar-refractivity contribution in [1.82, 2.24) is 19.9 Å². The topological polar surface area (TPSA) is 88.8 Å². The Morgan fingerprint density at radius 2 is 1.70 bits per heavy atom. The van der Waals surface area contributed by atoms with Gasteiger partial charge in [-0.2, -0.15) is 4.98 Å². The molecule has 2 amide bonds. The van der Waals surface area contributed by atoms with Crippen molar-refractivity contribution in [1.29, 1.82) is 0 Å². The number of aromatic nitrogens is 2. The summed E-state index contributed by atoms with van der Waals surface area (Å²) in [4.78, 5) is 34.9. The molecule has 1 aromatic heterocycles. The first-order valence-electron chi connectivity index (χ1n) is 11.0. The van der Waals surface area contributed by atoms with Crippen molar-refractivity contribution in [3.63, 3.8) is 0 Å². The molecule has 0 bridgehead atoms. The summed E-state index contributed by atoms with van der Waals surface area (Å²) in [5, 5.41) is 4.00. The number of ether oxygens (including phenoxy) is 1. The molecule has 0 unspecified atom stereocenters. The quantitative estimate of drug-likeness (QED) is 0.612. The minimum Gasteiger partial charge on any atom is -0.496 e. The number of hydrogen-bond donors (Lipinski definition) is 0. The van der Waals surface area contributed by atoms with Crippen LogP contribution in [0.2, 0.25) is 0 Å². The number of likely N-dealkylation sites (tertiary alicyclic amines) is 2. The lowest BCUT2D eigenvalue weighted by Gasteiger charge is -2.26. The lowest BCUT2D eigenvalue weighted by Crippen LogP contribution is -2.41. The van der Waals surface area contributed by atoms with Gasteiger partial charge in [-0.1, -0.05) is 29.4 Å². The van der Waals surface area contributed by atoms with Crippen LogP contribution in [0.25, 0.3) is 0 Å². The average molecular weight is 447 g/mol. The predicted octanol–water partition coefficient (Wildman–Crippen LogP) is 2.86. The summed E-state index contributed by atoms with van der Waals surface area (Å²) in [6, 6.07) is 14.7. The minimum absolute atomic E-state index is 0.000115. The van der Waals surface area contributed by atoms with Crippen LogP contribution >= 0.6 is 0 Å². The number of methoxy groups -OCH3 is 1. The highest BCUT2D eigenvalue weighted by molar-refractivity contribution is 5.97. The van der Waals surface area contributed by atoms with Crippen molar-refractivity contribution >= 4 is 11.8 Å². The molecule has 0 aliphatic carbocycles. The van der Waals surface area contributed by atoms with E-state index in [0.717, 1.165) is 5.56 Å². The van der Waals surface area contributed by atoms with E-state index in [1.807, 2.05) is 65.3 Å². The summed E-state index contributed by atoms with van der Waals surface area (Å²) in [5.41, 5.74) is 1.48. The third kappa shape index (κ3) is 3.46. The lowest BCUT2D eigenvalue weighted by atomic mass is 9.81. The van der Waals surface area contributed by atoms with Crippen LogP contribution in [-0.4, -0.2) is 65.0 Å². The Hall–Kier alpha value is -3.68. The van der Waals surface area contributed by atoms with Crippen molar-refractivity contribution in [2.75, 3.05) is 33.3 Å². The number of fused-ring (bicyclic) bond motifs is 1. The van der Waals surface area contributed by atoms with E-state index < -0.39 is 5.41 Å². The molecule has 0 saturated carbocycles. The zero-order chi connectivity index (χ0) is 23.2. The van der Waals surface area contributed by atoms with Crippen LogP contribution in [0.3, 0.4) is 0 Å². The Balaban J connectivity index is 1.46. The Bertz CT molecular complexity index is 1210. The number of hydrogen-bond acceptors (Lipinski definition) is 6. The van der Waals surface area contributed by atoms with Crippen LogP contribution in [0.5, 0.6) is 5.75 Å². The van der Waals surface area contributed by atoms with E-state index in [-0.39, 0.29) is 17.7 Å². The first-order valence-corrected chi connectivity index (χ1v) is 11.0. The molecule has 170 valence electrons. The van der Waals surface area contributed by atoms with Gasteiger partial charge in [-0.3, -0.25) is 9.59 Å². The van der Waals surface area contributed by atoms with E-state index in [2.05, 4.69) is 10.1 Å². The zero-order valence-electron chi connectivity index (χ0n) is 18.9. The second-order valence-corrected chi connectivity index (χ2v) is 8.87. The Kier molecular flexibility index (Phi) is 5.15. The van der Waals surface area contributed by atoms with Crippen molar-refractivity contribution in [3.8, 4) is 5.75 Å². The standard InChI is InChI=1S/C25H26N4O4/c1-16-20(10-7-11-21(16)32-3)23(31)29-13-19-12-28(22(30)18-8-5-4-6-9-18)14-25(19,15-29)24-26-17(2)27-33-24/h4-11,19H,12-15H2,1-3H3/t19-,25-/m1/s1. The summed E-state index contributed by atoms with van der Waals surface area (Å²) in [7, 11) is 1.60. The van der Waals surface area contributed by atoms with Crippen LogP contribution < -0.4 is 4.74 Å². The van der Waals surface area contributed by atoms with Gasteiger partial charge < -0.3 is 19.1 Å². The smallest absolute Gasteiger partial charge is 0.254 e. The molecule has 3 heterocycles. The number of aryl methyl sites for hydroxylation is 1. The van der Waals surface area contributed by atoms with E-state index in [9.17, 15) is 9.59 Å². The van der Waals surface area contributed by atoms with Crippen LogP contribution in [-0.2, 0) is 5.41 Å². The third-order valence-electron chi connectivity index (χ3n) is 6.89. The van der Waals surface area contributed by atoms with E-state index in [4.69, 9.17) is 9.26 Å². The molecule has 0 radical (unpaired) electrons. The predicted molar refractivity (Wildman–Crippen MR) is 120 cm³/mol. The highest BCUT2D eigenvalue weighted by Gasteiger charge is 2.58. The molecule has 0 N–H and O–H groups in total. The molecule has 5 rings (SSSR count). The fraction of sp³-hybridized carbons (Fsp3) is 0.360. The average Bonchev–Trinajstić information content (AvgIpc) is 3.51. The molecule has 2 aromatic carbocycles. The van der Waals surface area contributed by atoms with Gasteiger partial charge >= 0.3 is 0 Å². The van der Waals surface area contributed by atoms with Crippen molar-refractivity contribution in [2.24, 2.45) is 5.92 Å². The molecular formula is C25H26N4O4. The number of rotatable bonds is 4. The summed E-state index contributed by atoms with van der Waals surface area (Å²) in [6.45, 7) is 5.53. The van der Waals surface area contributed by atoms with Gasteiger partial charge in [-0.05, 0) is 38.1 Å². The SMILES string of the molecule is COc1cccc(C(=O)N2C[C@H]3CN(C(=O)c4ccccc4)C[C@@]3(c3nc(C)no3)C2)c1C. The number of carbonyl (C=O) groups excluding carboxylic acids is 2. The monoisotopic (exact) mass is 446 g/mol. The summed E-state index contributed by atoms with van der Waals surface area (Å²) in [5.74, 6) is 1.63. The van der Waals surface area contributed by atoms with Crippen molar-refractivity contribution in [2.45, 2.75) is 19.3 Å². The molecule has 2 atom stereocenters. The molecule has 8 nitrogen and oxygen atoms in total. The summed E-state index contributed by atoms with van der Waals surface area (Å²) < 4.78 is 11.0. The number of benzene rings is 2. The van der Waals surface area contributed by atoms with Crippen molar-refractivity contribution in [3.05, 3.63) is 76.9 Å². The Morgan fingerprint density at radius 1 is 1.00 bits per heavy atom. The van der Waals surface area contributed by atoms with E-state index in [1.54, 1.807) is 14.0 Å². The van der Waals surface area contributed by atoms with Gasteiger partial charge in [-0.15, -0.1) is 0 Å².